The van der Waals surface area contributed by atoms with Gasteiger partial charge in [-0.2, -0.15) is 5.10 Å². The van der Waals surface area contributed by atoms with Crippen LogP contribution >= 0.6 is 15.9 Å². The molecule has 164 valence electrons. The number of carbonyl (C=O) groups excluding carboxylic acids is 1. The quantitative estimate of drug-likeness (QED) is 0.451. The van der Waals surface area contributed by atoms with E-state index in [0.717, 1.165) is 48.4 Å². The van der Waals surface area contributed by atoms with Gasteiger partial charge in [-0.3, -0.25) is 4.79 Å². The molecule has 4 fully saturated rings. The maximum atomic E-state index is 14.4. The second-order valence-corrected chi connectivity index (χ2v) is 10.9. The van der Waals surface area contributed by atoms with Gasteiger partial charge in [0.1, 0.15) is 5.82 Å². The Kier molecular flexibility index (Phi) is 4.75. The van der Waals surface area contributed by atoms with Crippen LogP contribution in [0.3, 0.4) is 0 Å². The van der Waals surface area contributed by atoms with Crippen LogP contribution in [-0.2, 0) is 5.41 Å². The van der Waals surface area contributed by atoms with Gasteiger partial charge in [-0.05, 0) is 86.6 Å². The zero-order chi connectivity index (χ0) is 21.9. The number of para-hydroxylation sites is 1. The van der Waals surface area contributed by atoms with Gasteiger partial charge >= 0.3 is 0 Å². The molecule has 1 heterocycles. The Hall–Kier alpha value is -2.47. The van der Waals surface area contributed by atoms with Crippen LogP contribution in [0.15, 0.2) is 59.2 Å². The fourth-order valence-electron chi connectivity index (χ4n) is 6.83. The Labute approximate surface area is 195 Å². The zero-order valence-corrected chi connectivity index (χ0v) is 19.3. The predicted octanol–water partition coefficient (Wildman–Crippen LogP) is 6.49. The molecule has 1 aromatic heterocycles. The summed E-state index contributed by atoms with van der Waals surface area (Å²) in [7, 11) is 0. The van der Waals surface area contributed by atoms with Crippen molar-refractivity contribution < 1.29 is 9.18 Å². The summed E-state index contributed by atoms with van der Waals surface area (Å²) in [5.74, 6) is 1.47. The fourth-order valence-corrected chi connectivity index (χ4v) is 7.16. The molecule has 3 aromatic rings. The number of hydrogen-bond donors (Lipinski definition) is 1. The third-order valence-corrected chi connectivity index (χ3v) is 8.19. The van der Waals surface area contributed by atoms with E-state index in [9.17, 15) is 9.18 Å². The normalized spacial score (nSPS) is 28.1. The molecule has 0 aliphatic heterocycles. The Bertz CT molecular complexity index is 1150. The van der Waals surface area contributed by atoms with E-state index >= 15 is 0 Å². The van der Waals surface area contributed by atoms with Gasteiger partial charge in [0.15, 0.2) is 0 Å². The van der Waals surface area contributed by atoms with Crippen LogP contribution in [0, 0.1) is 23.6 Å². The number of amides is 1. The predicted molar refractivity (Wildman–Crippen MR) is 125 cm³/mol. The number of halogens is 2. The summed E-state index contributed by atoms with van der Waals surface area (Å²) in [5.41, 5.74) is 2.53. The van der Waals surface area contributed by atoms with Gasteiger partial charge in [0, 0.05) is 16.1 Å². The zero-order valence-electron chi connectivity index (χ0n) is 17.7. The van der Waals surface area contributed by atoms with Crippen molar-refractivity contribution >= 4 is 27.5 Å². The molecular weight excluding hydrogens is 469 g/mol. The summed E-state index contributed by atoms with van der Waals surface area (Å²) in [5, 5.41) is 7.83. The number of hydrogen-bond acceptors (Lipinski definition) is 2. The highest BCUT2D eigenvalue weighted by Gasteiger charge is 2.53. The minimum absolute atomic E-state index is 0.0420. The topological polar surface area (TPSA) is 46.9 Å². The molecule has 0 saturated heterocycles. The number of aromatic nitrogens is 2. The summed E-state index contributed by atoms with van der Waals surface area (Å²) in [6.07, 6.45) is 9.13. The number of anilines is 1. The Morgan fingerprint density at radius 3 is 2.31 bits per heavy atom. The van der Waals surface area contributed by atoms with Crippen molar-refractivity contribution in [2.45, 2.75) is 43.9 Å². The van der Waals surface area contributed by atoms with Crippen molar-refractivity contribution in [1.82, 2.24) is 9.78 Å². The second-order valence-electron chi connectivity index (χ2n) is 9.95. The minimum atomic E-state index is -0.459. The number of nitrogens with zero attached hydrogens (tertiary/aromatic N) is 2. The van der Waals surface area contributed by atoms with Crippen molar-refractivity contribution in [3.05, 3.63) is 76.3 Å². The monoisotopic (exact) mass is 493 g/mol. The van der Waals surface area contributed by atoms with Crippen molar-refractivity contribution in [3.8, 4) is 5.69 Å². The summed E-state index contributed by atoms with van der Waals surface area (Å²) >= 11 is 3.27. The molecule has 32 heavy (non-hydrogen) atoms. The average molecular weight is 494 g/mol. The number of rotatable bonds is 4. The minimum Gasteiger partial charge on any atom is -0.319 e. The van der Waals surface area contributed by atoms with Crippen LogP contribution < -0.4 is 5.32 Å². The smallest absolute Gasteiger partial charge is 0.259 e. The lowest BCUT2D eigenvalue weighted by Crippen LogP contribution is -2.49. The van der Waals surface area contributed by atoms with Gasteiger partial charge in [0.05, 0.1) is 22.6 Å². The SMILES string of the molecule is O=C(Nc1ccc(Br)cc1F)c1cn(-c2ccccc2)nc1C12CC3CC(CC(C3)C1)C2. The second kappa shape index (κ2) is 7.55. The highest BCUT2D eigenvalue weighted by molar-refractivity contribution is 9.10. The van der Waals surface area contributed by atoms with Gasteiger partial charge in [-0.1, -0.05) is 34.1 Å². The van der Waals surface area contributed by atoms with Crippen LogP contribution in [0.4, 0.5) is 10.1 Å². The van der Waals surface area contributed by atoms with E-state index in [4.69, 9.17) is 5.10 Å². The third kappa shape index (κ3) is 3.40. The number of benzene rings is 2. The molecule has 4 bridgehead atoms. The standard InChI is InChI=1S/C26H25BrFN3O/c27-19-6-7-23(22(28)11-19)29-25(32)21-15-31(20-4-2-1-3-5-20)30-24(21)26-12-16-8-17(13-26)10-18(9-16)14-26/h1-7,11,15-18H,8-10,12-14H2,(H,29,32). The first-order valence-electron chi connectivity index (χ1n) is 11.4. The molecule has 0 radical (unpaired) electrons. The molecule has 4 nitrogen and oxygen atoms in total. The van der Waals surface area contributed by atoms with E-state index in [0.29, 0.717) is 10.0 Å². The molecule has 2 aromatic carbocycles. The van der Waals surface area contributed by atoms with Crippen LogP contribution in [-0.4, -0.2) is 15.7 Å². The van der Waals surface area contributed by atoms with Gasteiger partial charge in [0.2, 0.25) is 0 Å². The van der Waals surface area contributed by atoms with Crippen molar-refractivity contribution in [2.75, 3.05) is 5.32 Å². The molecule has 0 unspecified atom stereocenters. The lowest BCUT2D eigenvalue weighted by molar-refractivity contribution is -0.00765. The Morgan fingerprint density at radius 2 is 1.69 bits per heavy atom. The summed E-state index contributed by atoms with van der Waals surface area (Å²) < 4.78 is 16.9. The highest BCUT2D eigenvalue weighted by atomic mass is 79.9. The number of carbonyl (C=O) groups is 1. The highest BCUT2D eigenvalue weighted by Crippen LogP contribution is 2.60. The van der Waals surface area contributed by atoms with Gasteiger partial charge in [-0.25, -0.2) is 9.07 Å². The summed E-state index contributed by atoms with van der Waals surface area (Å²) in [6, 6.07) is 14.6. The van der Waals surface area contributed by atoms with Gasteiger partial charge in [0.25, 0.3) is 5.91 Å². The molecule has 6 heteroatoms. The van der Waals surface area contributed by atoms with E-state index in [1.165, 1.54) is 25.3 Å². The van der Waals surface area contributed by atoms with Crippen LogP contribution in [0.1, 0.15) is 54.6 Å². The molecule has 4 aliphatic carbocycles. The van der Waals surface area contributed by atoms with E-state index in [1.807, 2.05) is 41.2 Å². The van der Waals surface area contributed by atoms with Crippen LogP contribution in [0.2, 0.25) is 0 Å². The van der Waals surface area contributed by atoms with E-state index in [-0.39, 0.29) is 17.0 Å². The largest absolute Gasteiger partial charge is 0.319 e. The summed E-state index contributed by atoms with van der Waals surface area (Å²) in [4.78, 5) is 13.5. The molecule has 0 atom stereocenters. The molecule has 0 spiro atoms. The van der Waals surface area contributed by atoms with Crippen LogP contribution in [0.5, 0.6) is 0 Å². The molecule has 4 aliphatic rings. The maximum Gasteiger partial charge on any atom is 0.259 e. The van der Waals surface area contributed by atoms with Crippen LogP contribution in [0.25, 0.3) is 5.69 Å². The Balaban J connectivity index is 1.42. The average Bonchev–Trinajstić information content (AvgIpc) is 3.22. The fraction of sp³-hybridized carbons (Fsp3) is 0.385. The van der Waals surface area contributed by atoms with E-state index < -0.39 is 5.82 Å². The summed E-state index contributed by atoms with van der Waals surface area (Å²) in [6.45, 7) is 0. The van der Waals surface area contributed by atoms with Gasteiger partial charge < -0.3 is 5.32 Å². The molecule has 1 N–H and O–H groups in total. The van der Waals surface area contributed by atoms with Crippen molar-refractivity contribution in [2.24, 2.45) is 17.8 Å². The lowest BCUT2D eigenvalue weighted by Gasteiger charge is -2.56. The molecular formula is C26H25BrFN3O. The Morgan fingerprint density at radius 1 is 1.03 bits per heavy atom. The van der Waals surface area contributed by atoms with Gasteiger partial charge in [-0.15, -0.1) is 0 Å². The first-order valence-corrected chi connectivity index (χ1v) is 12.2. The lowest BCUT2D eigenvalue weighted by atomic mass is 9.48. The molecule has 1 amide bonds. The molecule has 4 saturated carbocycles. The first-order chi connectivity index (χ1) is 15.5. The van der Waals surface area contributed by atoms with E-state index in [1.54, 1.807) is 12.1 Å². The third-order valence-electron chi connectivity index (χ3n) is 7.70. The molecule has 7 rings (SSSR count). The first kappa shape index (κ1) is 20.2. The van der Waals surface area contributed by atoms with Crippen molar-refractivity contribution in [3.63, 3.8) is 0 Å². The van der Waals surface area contributed by atoms with E-state index in [2.05, 4.69) is 21.2 Å². The number of nitrogens with one attached hydrogen (secondary N) is 1. The maximum absolute atomic E-state index is 14.4. The van der Waals surface area contributed by atoms with Crippen molar-refractivity contribution in [1.29, 1.82) is 0 Å².